The van der Waals surface area contributed by atoms with Gasteiger partial charge in [0.25, 0.3) is 0 Å². The first-order valence-corrected chi connectivity index (χ1v) is 10.3. The molecule has 142 valence electrons. The van der Waals surface area contributed by atoms with E-state index >= 15 is 0 Å². The number of aromatic nitrogens is 1. The molecule has 1 N–H and O–H groups in total. The molecule has 4 rings (SSSR count). The van der Waals surface area contributed by atoms with E-state index in [1.807, 2.05) is 19.3 Å². The number of pyridine rings is 1. The number of hydrogen-bond donors (Lipinski definition) is 1. The maximum atomic E-state index is 13.0. The van der Waals surface area contributed by atoms with Crippen LogP contribution >= 0.6 is 0 Å². The molecule has 3 fully saturated rings. The van der Waals surface area contributed by atoms with Gasteiger partial charge in [-0.05, 0) is 62.7 Å². The van der Waals surface area contributed by atoms with Gasteiger partial charge in [0, 0.05) is 57.0 Å². The van der Waals surface area contributed by atoms with Gasteiger partial charge in [-0.15, -0.1) is 0 Å². The Labute approximate surface area is 157 Å². The Bertz CT molecular complexity index is 606. The van der Waals surface area contributed by atoms with Gasteiger partial charge in [-0.2, -0.15) is 0 Å². The summed E-state index contributed by atoms with van der Waals surface area (Å²) in [7, 11) is 2.05. The van der Waals surface area contributed by atoms with E-state index in [1.54, 1.807) is 0 Å². The monoisotopic (exact) mass is 356 g/mol. The summed E-state index contributed by atoms with van der Waals surface area (Å²) in [6, 6.07) is 6.55. The fraction of sp³-hybridized carbons (Fsp3) is 0.714. The molecule has 1 atom stereocenters. The molecule has 1 saturated carbocycles. The molecule has 5 nitrogen and oxygen atoms in total. The molecule has 2 aliphatic heterocycles. The van der Waals surface area contributed by atoms with Crippen LogP contribution in [0.3, 0.4) is 0 Å². The molecule has 3 aliphatic rings. The van der Waals surface area contributed by atoms with Crippen molar-refractivity contribution in [1.82, 2.24) is 20.1 Å². The number of rotatable bonds is 5. The predicted molar refractivity (Wildman–Crippen MR) is 103 cm³/mol. The van der Waals surface area contributed by atoms with Crippen molar-refractivity contribution < 1.29 is 4.79 Å². The van der Waals surface area contributed by atoms with Crippen molar-refractivity contribution in [3.63, 3.8) is 0 Å². The van der Waals surface area contributed by atoms with Crippen LogP contribution in [-0.4, -0.2) is 66.5 Å². The molecular weight excluding hydrogens is 324 g/mol. The Hall–Kier alpha value is -1.46. The van der Waals surface area contributed by atoms with E-state index < -0.39 is 0 Å². The van der Waals surface area contributed by atoms with Gasteiger partial charge in [-0.3, -0.25) is 9.78 Å². The van der Waals surface area contributed by atoms with Crippen LogP contribution in [0.1, 0.15) is 37.8 Å². The first kappa shape index (κ1) is 17.9. The van der Waals surface area contributed by atoms with E-state index in [0.29, 0.717) is 23.3 Å². The SMILES string of the molecule is CN(C(=O)C1CC12CCNCC2)C1CCN(CCc2ccccn2)CC1. The minimum Gasteiger partial charge on any atom is -0.342 e. The highest BCUT2D eigenvalue weighted by Crippen LogP contribution is 2.59. The van der Waals surface area contributed by atoms with Crippen molar-refractivity contribution in [2.75, 3.05) is 39.8 Å². The molecule has 1 spiro atoms. The number of hydrogen-bond acceptors (Lipinski definition) is 4. The molecule has 1 unspecified atom stereocenters. The van der Waals surface area contributed by atoms with Crippen molar-refractivity contribution >= 4 is 5.91 Å². The van der Waals surface area contributed by atoms with Gasteiger partial charge < -0.3 is 15.1 Å². The molecule has 0 bridgehead atoms. The zero-order chi connectivity index (χ0) is 18.0. The lowest BCUT2D eigenvalue weighted by atomic mass is 9.91. The Kier molecular flexibility index (Phi) is 5.28. The van der Waals surface area contributed by atoms with Gasteiger partial charge in [0.2, 0.25) is 5.91 Å². The Balaban J connectivity index is 1.22. The third-order valence-electron chi connectivity index (χ3n) is 6.95. The number of amides is 1. The summed E-state index contributed by atoms with van der Waals surface area (Å²) < 4.78 is 0. The normalized spacial score (nSPS) is 26.0. The molecule has 26 heavy (non-hydrogen) atoms. The number of piperidine rings is 2. The van der Waals surface area contributed by atoms with Crippen LogP contribution < -0.4 is 5.32 Å². The largest absolute Gasteiger partial charge is 0.342 e. The Morgan fingerprint density at radius 1 is 1.31 bits per heavy atom. The average molecular weight is 357 g/mol. The lowest BCUT2D eigenvalue weighted by Gasteiger charge is -2.37. The van der Waals surface area contributed by atoms with Crippen LogP contribution in [0.15, 0.2) is 24.4 Å². The quantitative estimate of drug-likeness (QED) is 0.876. The number of carbonyl (C=O) groups excluding carboxylic acids is 1. The zero-order valence-electron chi connectivity index (χ0n) is 16.0. The molecule has 0 aromatic carbocycles. The van der Waals surface area contributed by atoms with E-state index in [0.717, 1.165) is 58.4 Å². The van der Waals surface area contributed by atoms with Crippen molar-refractivity contribution in [2.24, 2.45) is 11.3 Å². The summed E-state index contributed by atoms with van der Waals surface area (Å²) in [5, 5.41) is 3.43. The van der Waals surface area contributed by atoms with Gasteiger partial charge in [0.15, 0.2) is 0 Å². The molecular formula is C21H32N4O. The molecule has 0 radical (unpaired) electrons. The van der Waals surface area contributed by atoms with Crippen molar-refractivity contribution in [3.05, 3.63) is 30.1 Å². The topological polar surface area (TPSA) is 48.5 Å². The molecule has 5 heteroatoms. The van der Waals surface area contributed by atoms with E-state index in [4.69, 9.17) is 0 Å². The maximum absolute atomic E-state index is 13.0. The predicted octanol–water partition coefficient (Wildman–Crippen LogP) is 1.94. The van der Waals surface area contributed by atoms with Gasteiger partial charge in [-0.1, -0.05) is 6.07 Å². The standard InChI is InChI=1S/C21H32N4O/c1-24(20(26)19-16-21(19)8-11-22-12-9-21)18-6-14-25(15-7-18)13-5-17-4-2-3-10-23-17/h2-4,10,18-19,22H,5-9,11-16H2,1H3. The van der Waals surface area contributed by atoms with Crippen LogP contribution in [0.5, 0.6) is 0 Å². The summed E-state index contributed by atoms with van der Waals surface area (Å²) in [6.07, 6.45) is 8.58. The molecule has 1 amide bonds. The maximum Gasteiger partial charge on any atom is 0.226 e. The molecule has 1 aromatic heterocycles. The van der Waals surface area contributed by atoms with E-state index in [2.05, 4.69) is 32.2 Å². The number of nitrogens with zero attached hydrogens (tertiary/aromatic N) is 3. The Morgan fingerprint density at radius 3 is 2.77 bits per heavy atom. The minimum atomic E-state index is 0.303. The number of carbonyl (C=O) groups is 1. The summed E-state index contributed by atoms with van der Waals surface area (Å²) in [5.74, 6) is 0.718. The van der Waals surface area contributed by atoms with Crippen LogP contribution in [0.25, 0.3) is 0 Å². The zero-order valence-corrected chi connectivity index (χ0v) is 16.0. The van der Waals surface area contributed by atoms with E-state index in [1.165, 1.54) is 18.5 Å². The summed E-state index contributed by atoms with van der Waals surface area (Å²) in [4.78, 5) is 22.0. The number of nitrogens with one attached hydrogen (secondary N) is 1. The van der Waals surface area contributed by atoms with Crippen LogP contribution in [-0.2, 0) is 11.2 Å². The minimum absolute atomic E-state index is 0.303. The van der Waals surface area contributed by atoms with E-state index in [-0.39, 0.29) is 0 Å². The fourth-order valence-electron chi connectivity index (χ4n) is 4.95. The van der Waals surface area contributed by atoms with E-state index in [9.17, 15) is 4.79 Å². The molecule has 3 heterocycles. The third kappa shape index (κ3) is 3.79. The Morgan fingerprint density at radius 2 is 2.08 bits per heavy atom. The second-order valence-corrected chi connectivity index (χ2v) is 8.46. The smallest absolute Gasteiger partial charge is 0.226 e. The number of likely N-dealkylation sites (tertiary alicyclic amines) is 1. The molecule has 1 aromatic rings. The summed E-state index contributed by atoms with van der Waals surface area (Å²) in [5.41, 5.74) is 1.52. The summed E-state index contributed by atoms with van der Waals surface area (Å²) in [6.45, 7) is 5.42. The summed E-state index contributed by atoms with van der Waals surface area (Å²) >= 11 is 0. The van der Waals surface area contributed by atoms with Crippen LogP contribution in [0.2, 0.25) is 0 Å². The van der Waals surface area contributed by atoms with Crippen LogP contribution in [0, 0.1) is 11.3 Å². The molecule has 1 aliphatic carbocycles. The fourth-order valence-corrected chi connectivity index (χ4v) is 4.95. The van der Waals surface area contributed by atoms with Crippen molar-refractivity contribution in [1.29, 1.82) is 0 Å². The lowest BCUT2D eigenvalue weighted by molar-refractivity contribution is -0.135. The third-order valence-corrected chi connectivity index (χ3v) is 6.95. The van der Waals surface area contributed by atoms with Crippen LogP contribution in [0.4, 0.5) is 0 Å². The average Bonchev–Trinajstić information content (AvgIpc) is 3.39. The van der Waals surface area contributed by atoms with Crippen molar-refractivity contribution in [2.45, 2.75) is 44.6 Å². The molecule has 2 saturated heterocycles. The van der Waals surface area contributed by atoms with Gasteiger partial charge in [0.05, 0.1) is 0 Å². The highest BCUT2D eigenvalue weighted by atomic mass is 16.2. The first-order valence-electron chi connectivity index (χ1n) is 10.3. The second kappa shape index (κ2) is 7.65. The highest BCUT2D eigenvalue weighted by Gasteiger charge is 2.58. The van der Waals surface area contributed by atoms with Gasteiger partial charge in [0.1, 0.15) is 0 Å². The second-order valence-electron chi connectivity index (χ2n) is 8.46. The van der Waals surface area contributed by atoms with Crippen molar-refractivity contribution in [3.8, 4) is 0 Å². The highest BCUT2D eigenvalue weighted by molar-refractivity contribution is 5.82. The lowest BCUT2D eigenvalue weighted by Crippen LogP contribution is -2.47. The van der Waals surface area contributed by atoms with Gasteiger partial charge >= 0.3 is 0 Å². The van der Waals surface area contributed by atoms with Gasteiger partial charge in [-0.25, -0.2) is 0 Å². The first-order chi connectivity index (χ1) is 12.7.